The van der Waals surface area contributed by atoms with Crippen LogP contribution in [0.2, 0.25) is 0 Å². The van der Waals surface area contributed by atoms with Crippen molar-refractivity contribution in [3.63, 3.8) is 0 Å². The number of rotatable bonds is 7. The predicted molar refractivity (Wildman–Crippen MR) is 108 cm³/mol. The fourth-order valence-corrected chi connectivity index (χ4v) is 2.57. The van der Waals surface area contributed by atoms with Crippen LogP contribution in [0.4, 0.5) is 0 Å². The van der Waals surface area contributed by atoms with Gasteiger partial charge in [0.1, 0.15) is 11.4 Å². The Hall–Kier alpha value is -3.94. The van der Waals surface area contributed by atoms with Gasteiger partial charge in [-0.3, -0.25) is 9.89 Å². The third-order valence-electron chi connectivity index (χ3n) is 4.27. The Labute approximate surface area is 167 Å². The van der Waals surface area contributed by atoms with E-state index in [4.69, 9.17) is 9.84 Å². The van der Waals surface area contributed by atoms with Gasteiger partial charge >= 0.3 is 5.97 Å². The third kappa shape index (κ3) is 5.07. The summed E-state index contributed by atoms with van der Waals surface area (Å²) in [5.74, 6) is -1.18. The highest BCUT2D eigenvalue weighted by molar-refractivity contribution is 5.94. The number of aliphatic carboxylic acids is 1. The van der Waals surface area contributed by atoms with Gasteiger partial charge in [0, 0.05) is 11.1 Å². The molecular formula is C21H20N4O4. The van der Waals surface area contributed by atoms with E-state index < -0.39 is 18.5 Å². The van der Waals surface area contributed by atoms with Crippen molar-refractivity contribution in [3.8, 4) is 17.0 Å². The van der Waals surface area contributed by atoms with Gasteiger partial charge in [0.2, 0.25) is 0 Å². The molecule has 1 amide bonds. The van der Waals surface area contributed by atoms with E-state index in [0.717, 1.165) is 11.1 Å². The standard InChI is InChI=1S/C21H20N4O4/c1-13-7-8-15(9-14(13)2)17-10-18(24-23-17)21(28)25-22-11-16-5-3-4-6-19(16)29-12-20(26)27/h3-11H,12H2,1-2H3,(H,23,24)(H,25,28)(H,26,27). The summed E-state index contributed by atoms with van der Waals surface area (Å²) in [6, 6.07) is 14.4. The number of hydrogen-bond acceptors (Lipinski definition) is 5. The Bertz CT molecular complexity index is 1070. The molecule has 1 heterocycles. The molecule has 0 saturated carbocycles. The second kappa shape index (κ2) is 8.83. The molecule has 148 valence electrons. The van der Waals surface area contributed by atoms with Gasteiger partial charge in [-0.1, -0.05) is 24.3 Å². The number of carbonyl (C=O) groups is 2. The third-order valence-corrected chi connectivity index (χ3v) is 4.27. The van der Waals surface area contributed by atoms with Crippen LogP contribution in [0.5, 0.6) is 5.75 Å². The molecule has 0 unspecified atom stereocenters. The molecule has 0 saturated heterocycles. The molecule has 0 spiro atoms. The summed E-state index contributed by atoms with van der Waals surface area (Å²) in [5, 5.41) is 19.5. The number of carboxylic acids is 1. The van der Waals surface area contributed by atoms with Crippen LogP contribution < -0.4 is 10.2 Å². The minimum absolute atomic E-state index is 0.269. The van der Waals surface area contributed by atoms with E-state index in [0.29, 0.717) is 17.0 Å². The van der Waals surface area contributed by atoms with Gasteiger partial charge in [-0.25, -0.2) is 10.2 Å². The Kier molecular flexibility index (Phi) is 6.03. The monoisotopic (exact) mass is 392 g/mol. The van der Waals surface area contributed by atoms with Gasteiger partial charge in [-0.2, -0.15) is 10.2 Å². The van der Waals surface area contributed by atoms with Crippen molar-refractivity contribution in [3.05, 3.63) is 70.9 Å². The molecule has 1 aromatic heterocycles. The van der Waals surface area contributed by atoms with Crippen LogP contribution in [-0.4, -0.2) is 40.0 Å². The number of amides is 1. The van der Waals surface area contributed by atoms with E-state index in [-0.39, 0.29) is 5.69 Å². The van der Waals surface area contributed by atoms with Crippen molar-refractivity contribution in [2.24, 2.45) is 5.10 Å². The number of H-pyrrole nitrogens is 1. The summed E-state index contributed by atoms with van der Waals surface area (Å²) in [6.07, 6.45) is 1.38. The van der Waals surface area contributed by atoms with Crippen molar-refractivity contribution >= 4 is 18.1 Å². The van der Waals surface area contributed by atoms with Crippen LogP contribution in [-0.2, 0) is 4.79 Å². The SMILES string of the molecule is Cc1ccc(-c2cc(C(=O)NN=Cc3ccccc3OCC(=O)O)[nH]n2)cc1C. The number of hydrazone groups is 1. The average molecular weight is 392 g/mol. The lowest BCUT2D eigenvalue weighted by Gasteiger charge is -2.06. The summed E-state index contributed by atoms with van der Waals surface area (Å²) < 4.78 is 5.19. The normalized spacial score (nSPS) is 10.8. The number of hydrogen-bond donors (Lipinski definition) is 3. The molecule has 0 aliphatic rings. The van der Waals surface area contributed by atoms with Crippen molar-refractivity contribution < 1.29 is 19.4 Å². The molecule has 29 heavy (non-hydrogen) atoms. The van der Waals surface area contributed by atoms with E-state index in [9.17, 15) is 9.59 Å². The number of nitrogens with zero attached hydrogens (tertiary/aromatic N) is 2. The van der Waals surface area contributed by atoms with E-state index >= 15 is 0 Å². The van der Waals surface area contributed by atoms with Gasteiger partial charge in [-0.15, -0.1) is 0 Å². The lowest BCUT2D eigenvalue weighted by Crippen LogP contribution is -2.18. The van der Waals surface area contributed by atoms with Crippen LogP contribution in [0.15, 0.2) is 53.6 Å². The molecule has 8 nitrogen and oxygen atoms in total. The molecule has 0 aliphatic heterocycles. The Morgan fingerprint density at radius 3 is 2.72 bits per heavy atom. The second-order valence-corrected chi connectivity index (χ2v) is 6.39. The Morgan fingerprint density at radius 1 is 1.17 bits per heavy atom. The number of aryl methyl sites for hydroxylation is 2. The lowest BCUT2D eigenvalue weighted by atomic mass is 10.0. The molecule has 3 N–H and O–H groups in total. The lowest BCUT2D eigenvalue weighted by molar-refractivity contribution is -0.139. The first-order valence-electron chi connectivity index (χ1n) is 8.84. The molecule has 8 heteroatoms. The number of nitrogens with one attached hydrogen (secondary N) is 2. The summed E-state index contributed by atoms with van der Waals surface area (Å²) in [6.45, 7) is 3.59. The molecule has 3 rings (SSSR count). The number of carboxylic acid groups (broad SMARTS) is 1. The zero-order chi connectivity index (χ0) is 20.8. The smallest absolute Gasteiger partial charge is 0.341 e. The van der Waals surface area contributed by atoms with E-state index in [2.05, 4.69) is 20.7 Å². The van der Waals surface area contributed by atoms with Crippen molar-refractivity contribution in [1.82, 2.24) is 15.6 Å². The van der Waals surface area contributed by atoms with Crippen LogP contribution in [0, 0.1) is 13.8 Å². The number of para-hydroxylation sites is 1. The number of aromatic nitrogens is 2. The second-order valence-electron chi connectivity index (χ2n) is 6.39. The molecule has 0 aliphatic carbocycles. The van der Waals surface area contributed by atoms with Gasteiger partial charge in [0.15, 0.2) is 6.61 Å². The van der Waals surface area contributed by atoms with Crippen molar-refractivity contribution in [2.75, 3.05) is 6.61 Å². The first-order chi connectivity index (χ1) is 13.9. The Balaban J connectivity index is 1.67. The van der Waals surface area contributed by atoms with E-state index in [1.54, 1.807) is 30.3 Å². The highest BCUT2D eigenvalue weighted by atomic mass is 16.5. The maximum Gasteiger partial charge on any atom is 0.341 e. The molecule has 0 fully saturated rings. The maximum absolute atomic E-state index is 12.3. The van der Waals surface area contributed by atoms with Crippen molar-refractivity contribution in [2.45, 2.75) is 13.8 Å². The number of carbonyl (C=O) groups excluding carboxylic acids is 1. The van der Waals surface area contributed by atoms with Crippen molar-refractivity contribution in [1.29, 1.82) is 0 Å². The average Bonchev–Trinajstić information content (AvgIpc) is 3.19. The minimum atomic E-state index is -1.08. The number of aromatic amines is 1. The summed E-state index contributed by atoms with van der Waals surface area (Å²) >= 11 is 0. The minimum Gasteiger partial charge on any atom is -0.481 e. The predicted octanol–water partition coefficient (Wildman–Crippen LogP) is 2.92. The topological polar surface area (TPSA) is 117 Å². The number of benzene rings is 2. The van der Waals surface area contributed by atoms with Crippen LogP contribution >= 0.6 is 0 Å². The summed E-state index contributed by atoms with van der Waals surface area (Å²) in [7, 11) is 0. The fourth-order valence-electron chi connectivity index (χ4n) is 2.57. The van der Waals surface area contributed by atoms with E-state index in [1.807, 2.05) is 32.0 Å². The van der Waals surface area contributed by atoms with Gasteiger partial charge in [-0.05, 0) is 49.2 Å². The van der Waals surface area contributed by atoms with Gasteiger partial charge in [0.05, 0.1) is 11.9 Å². The zero-order valence-corrected chi connectivity index (χ0v) is 16.0. The van der Waals surface area contributed by atoms with Crippen LogP contribution in [0.25, 0.3) is 11.3 Å². The van der Waals surface area contributed by atoms with Gasteiger partial charge < -0.3 is 9.84 Å². The first-order valence-corrected chi connectivity index (χ1v) is 8.84. The largest absolute Gasteiger partial charge is 0.481 e. The summed E-state index contributed by atoms with van der Waals surface area (Å²) in [4.78, 5) is 23.0. The molecule has 0 bridgehead atoms. The molecular weight excluding hydrogens is 372 g/mol. The Morgan fingerprint density at radius 2 is 1.97 bits per heavy atom. The fraction of sp³-hybridized carbons (Fsp3) is 0.143. The highest BCUT2D eigenvalue weighted by Crippen LogP contribution is 2.21. The quantitative estimate of drug-likeness (QED) is 0.422. The summed E-state index contributed by atoms with van der Waals surface area (Å²) in [5.41, 5.74) is 7.12. The molecule has 0 atom stereocenters. The van der Waals surface area contributed by atoms with Crippen LogP contribution in [0.1, 0.15) is 27.2 Å². The van der Waals surface area contributed by atoms with Crippen LogP contribution in [0.3, 0.4) is 0 Å². The molecule has 3 aromatic rings. The molecule has 0 radical (unpaired) electrons. The highest BCUT2D eigenvalue weighted by Gasteiger charge is 2.11. The number of ether oxygens (including phenoxy) is 1. The van der Waals surface area contributed by atoms with Gasteiger partial charge in [0.25, 0.3) is 5.91 Å². The molecule has 2 aromatic carbocycles. The van der Waals surface area contributed by atoms with E-state index in [1.165, 1.54) is 11.8 Å². The zero-order valence-electron chi connectivity index (χ0n) is 16.0. The maximum atomic E-state index is 12.3. The first kappa shape index (κ1) is 19.8.